The molecule has 1 aromatic heterocycles. The van der Waals surface area contributed by atoms with Crippen LogP contribution in [0.5, 0.6) is 5.75 Å². The summed E-state index contributed by atoms with van der Waals surface area (Å²) in [5.74, 6) is 0.702. The van der Waals surface area contributed by atoms with Crippen LogP contribution in [0.15, 0.2) is 55.8 Å². The van der Waals surface area contributed by atoms with E-state index in [-0.39, 0.29) is 18.7 Å². The molecule has 0 amide bonds. The first-order valence-electron chi connectivity index (χ1n) is 7.41. The molecule has 0 atom stereocenters. The minimum absolute atomic E-state index is 0.0313. The molecule has 6 nitrogen and oxygen atoms in total. The van der Waals surface area contributed by atoms with E-state index >= 15 is 0 Å². The lowest BCUT2D eigenvalue weighted by molar-refractivity contribution is 0.271. The van der Waals surface area contributed by atoms with Crippen molar-refractivity contribution in [2.24, 2.45) is 0 Å². The number of ether oxygens (including phenoxy) is 1. The van der Waals surface area contributed by atoms with Gasteiger partial charge in [0.05, 0.1) is 36.9 Å². The summed E-state index contributed by atoms with van der Waals surface area (Å²) in [5.41, 5.74) is 0.506. The van der Waals surface area contributed by atoms with Crippen molar-refractivity contribution in [1.82, 2.24) is 9.13 Å². The Morgan fingerprint density at radius 2 is 2.00 bits per heavy atom. The Labute approximate surface area is 140 Å². The van der Waals surface area contributed by atoms with E-state index in [1.807, 2.05) is 18.2 Å². The molecule has 1 aliphatic heterocycles. The average Bonchev–Trinajstić information content (AvgIpc) is 2.61. The highest BCUT2D eigenvalue weighted by molar-refractivity contribution is 7.99. The topological polar surface area (TPSA) is 73.5 Å². The second-order valence-electron chi connectivity index (χ2n) is 5.39. The molecular weight excluding hydrogens is 328 g/mol. The Morgan fingerprint density at radius 1 is 1.17 bits per heavy atom. The SMILES string of the molecule is COc1ccc2c(c1)Sc1cccc3c(=O)n(CCO)c(=O)n-2c13. The van der Waals surface area contributed by atoms with Crippen molar-refractivity contribution in [2.75, 3.05) is 13.7 Å². The minimum atomic E-state index is -0.444. The molecular formula is C17H14N2O4S. The van der Waals surface area contributed by atoms with Crippen LogP contribution in [-0.4, -0.2) is 28.0 Å². The third-order valence-corrected chi connectivity index (χ3v) is 5.17. The molecule has 1 N–H and O–H groups in total. The number of methoxy groups -OCH3 is 1. The lowest BCUT2D eigenvalue weighted by atomic mass is 10.2. The number of hydrogen-bond acceptors (Lipinski definition) is 5. The predicted octanol–water partition coefficient (Wildman–Crippen LogP) is 1.62. The summed E-state index contributed by atoms with van der Waals surface area (Å²) in [4.78, 5) is 27.2. The number of hydrogen-bond donors (Lipinski definition) is 1. The molecule has 2 heterocycles. The average molecular weight is 342 g/mol. The van der Waals surface area contributed by atoms with E-state index in [2.05, 4.69) is 0 Å². The van der Waals surface area contributed by atoms with Gasteiger partial charge in [0.2, 0.25) is 0 Å². The van der Waals surface area contributed by atoms with Crippen molar-refractivity contribution in [2.45, 2.75) is 16.3 Å². The molecule has 122 valence electrons. The number of aliphatic hydroxyl groups is 1. The Kier molecular flexibility index (Phi) is 3.47. The van der Waals surface area contributed by atoms with Crippen molar-refractivity contribution in [3.63, 3.8) is 0 Å². The van der Waals surface area contributed by atoms with Crippen LogP contribution < -0.4 is 16.0 Å². The number of aliphatic hydroxyl groups excluding tert-OH is 1. The number of nitrogens with zero attached hydrogens (tertiary/aromatic N) is 2. The van der Waals surface area contributed by atoms with Crippen molar-refractivity contribution in [3.05, 3.63) is 57.2 Å². The second-order valence-corrected chi connectivity index (χ2v) is 6.47. The molecule has 0 saturated heterocycles. The molecule has 2 aromatic carbocycles. The highest BCUT2D eigenvalue weighted by atomic mass is 32.2. The van der Waals surface area contributed by atoms with E-state index in [1.54, 1.807) is 29.9 Å². The monoisotopic (exact) mass is 342 g/mol. The van der Waals surface area contributed by atoms with E-state index in [0.717, 1.165) is 14.4 Å². The van der Waals surface area contributed by atoms with Crippen molar-refractivity contribution in [3.8, 4) is 11.4 Å². The third kappa shape index (κ3) is 2.02. The van der Waals surface area contributed by atoms with Crippen LogP contribution in [0.3, 0.4) is 0 Å². The maximum atomic E-state index is 12.9. The van der Waals surface area contributed by atoms with Gasteiger partial charge in [-0.3, -0.25) is 13.9 Å². The van der Waals surface area contributed by atoms with Crippen LogP contribution >= 0.6 is 11.8 Å². The molecule has 24 heavy (non-hydrogen) atoms. The molecule has 0 spiro atoms. The fourth-order valence-corrected chi connectivity index (χ4v) is 4.10. The summed E-state index contributed by atoms with van der Waals surface area (Å²) >= 11 is 1.50. The van der Waals surface area contributed by atoms with Gasteiger partial charge in [-0.25, -0.2) is 4.79 Å². The summed E-state index contributed by atoms with van der Waals surface area (Å²) in [6.45, 7) is -0.305. The van der Waals surface area contributed by atoms with Crippen molar-refractivity contribution >= 4 is 22.7 Å². The summed E-state index contributed by atoms with van der Waals surface area (Å²) in [6.07, 6.45) is 0. The van der Waals surface area contributed by atoms with Crippen LogP contribution in [0.1, 0.15) is 0 Å². The zero-order valence-corrected chi connectivity index (χ0v) is 13.7. The zero-order valence-electron chi connectivity index (χ0n) is 12.9. The summed E-state index contributed by atoms with van der Waals surface area (Å²) in [5, 5.41) is 9.68. The van der Waals surface area contributed by atoms with Crippen LogP contribution in [0.4, 0.5) is 0 Å². The van der Waals surface area contributed by atoms with E-state index in [1.165, 1.54) is 11.8 Å². The number of fused-ring (bicyclic) bond motifs is 2. The van der Waals surface area contributed by atoms with E-state index < -0.39 is 5.69 Å². The molecule has 0 radical (unpaired) electrons. The largest absolute Gasteiger partial charge is 0.497 e. The zero-order chi connectivity index (χ0) is 16.8. The number of benzene rings is 2. The molecule has 3 aromatic rings. The standard InChI is InChI=1S/C17H14N2O4S/c1-23-10-5-6-12-14(9-10)24-13-4-2-3-11-15(13)19(12)17(22)18(7-8-20)16(11)21/h2-6,9,20H,7-8H2,1H3. The second kappa shape index (κ2) is 5.54. The third-order valence-electron chi connectivity index (χ3n) is 4.07. The van der Waals surface area contributed by atoms with E-state index in [9.17, 15) is 14.7 Å². The highest BCUT2D eigenvalue weighted by Crippen LogP contribution is 2.42. The molecule has 0 bridgehead atoms. The van der Waals surface area contributed by atoms with Crippen molar-refractivity contribution in [1.29, 1.82) is 0 Å². The minimum Gasteiger partial charge on any atom is -0.497 e. The molecule has 0 aliphatic carbocycles. The van der Waals surface area contributed by atoms with Crippen LogP contribution in [-0.2, 0) is 6.54 Å². The maximum Gasteiger partial charge on any atom is 0.336 e. The smallest absolute Gasteiger partial charge is 0.336 e. The van der Waals surface area contributed by atoms with Crippen molar-refractivity contribution < 1.29 is 9.84 Å². The lowest BCUT2D eigenvalue weighted by Crippen LogP contribution is -2.41. The summed E-state index contributed by atoms with van der Waals surface area (Å²) < 4.78 is 7.89. The van der Waals surface area contributed by atoms with Crippen LogP contribution in [0.25, 0.3) is 16.6 Å². The predicted molar refractivity (Wildman–Crippen MR) is 91.6 cm³/mol. The van der Waals surface area contributed by atoms with Gasteiger partial charge in [0.25, 0.3) is 5.56 Å². The van der Waals surface area contributed by atoms with Gasteiger partial charge < -0.3 is 9.84 Å². The number of aromatic nitrogens is 2. The lowest BCUT2D eigenvalue weighted by Gasteiger charge is -2.23. The quantitative estimate of drug-likeness (QED) is 0.612. The van der Waals surface area contributed by atoms with E-state index in [4.69, 9.17) is 4.74 Å². The fourth-order valence-electron chi connectivity index (χ4n) is 2.98. The first-order chi connectivity index (χ1) is 11.7. The van der Waals surface area contributed by atoms with Gasteiger partial charge >= 0.3 is 5.69 Å². The molecule has 0 saturated carbocycles. The molecule has 0 fully saturated rings. The number of rotatable bonds is 3. The first-order valence-corrected chi connectivity index (χ1v) is 8.23. The van der Waals surface area contributed by atoms with Gasteiger partial charge in [-0.1, -0.05) is 17.8 Å². The van der Waals surface area contributed by atoms with Crippen LogP contribution in [0.2, 0.25) is 0 Å². The molecule has 0 unspecified atom stereocenters. The van der Waals surface area contributed by atoms with Gasteiger partial charge in [0, 0.05) is 9.79 Å². The maximum absolute atomic E-state index is 12.9. The normalized spacial score (nSPS) is 12.2. The summed E-state index contributed by atoms with van der Waals surface area (Å²) in [7, 11) is 1.59. The van der Waals surface area contributed by atoms with Gasteiger partial charge in [0.15, 0.2) is 0 Å². The van der Waals surface area contributed by atoms with Gasteiger partial charge in [-0.05, 0) is 30.3 Å². The van der Waals surface area contributed by atoms with Gasteiger partial charge in [0.1, 0.15) is 5.75 Å². The molecule has 7 heteroatoms. The molecule has 1 aliphatic rings. The van der Waals surface area contributed by atoms with Crippen LogP contribution in [0, 0.1) is 0 Å². The Bertz CT molecular complexity index is 1080. The Morgan fingerprint density at radius 3 is 2.75 bits per heavy atom. The number of para-hydroxylation sites is 1. The highest BCUT2D eigenvalue weighted by Gasteiger charge is 2.24. The Balaban J connectivity index is 2.17. The summed E-state index contributed by atoms with van der Waals surface area (Å²) in [6, 6.07) is 10.9. The fraction of sp³-hybridized carbons (Fsp3) is 0.176. The van der Waals surface area contributed by atoms with E-state index in [0.29, 0.717) is 22.3 Å². The molecule has 4 rings (SSSR count). The first kappa shape index (κ1) is 15.0. The Hall–Kier alpha value is -2.51. The van der Waals surface area contributed by atoms with Gasteiger partial charge in [-0.2, -0.15) is 0 Å². The van der Waals surface area contributed by atoms with Gasteiger partial charge in [-0.15, -0.1) is 0 Å².